The molecule has 0 aliphatic heterocycles. The van der Waals surface area contributed by atoms with Crippen LogP contribution in [0.3, 0.4) is 0 Å². The molecule has 0 saturated heterocycles. The van der Waals surface area contributed by atoms with Gasteiger partial charge in [0.15, 0.2) is 0 Å². The Hall–Kier alpha value is -0.316. The number of benzene rings is 3. The molecule has 3 heteroatoms. The number of rotatable bonds is 3. The monoisotopic (exact) mass is 588 g/mol. The van der Waals surface area contributed by atoms with Gasteiger partial charge < -0.3 is 0 Å². The van der Waals surface area contributed by atoms with Crippen LogP contribution in [0.4, 0.5) is 0 Å². The van der Waals surface area contributed by atoms with Crippen molar-refractivity contribution in [3.8, 4) is 0 Å². The van der Waals surface area contributed by atoms with Crippen molar-refractivity contribution in [2.75, 3.05) is 0 Å². The van der Waals surface area contributed by atoms with Gasteiger partial charge in [-0.05, 0) is 0 Å². The normalized spacial score (nSPS) is 9.90. The summed E-state index contributed by atoms with van der Waals surface area (Å²) in [5.74, 6) is 0. The zero-order chi connectivity index (χ0) is 14.9. The summed E-state index contributed by atoms with van der Waals surface area (Å²) in [5, 5.41) is 0. The second kappa shape index (κ2) is 9.65. The van der Waals surface area contributed by atoms with E-state index >= 15 is 0 Å². The van der Waals surface area contributed by atoms with Gasteiger partial charge in [0.05, 0.1) is 0 Å². The first-order valence-corrected chi connectivity index (χ1v) is 17.8. The first kappa shape index (κ1) is 17.0. The van der Waals surface area contributed by atoms with E-state index in [1.54, 1.807) is 0 Å². The molecule has 3 rings (SSSR count). The Bertz CT molecular complexity index is 535. The molecule has 21 heavy (non-hydrogen) atoms. The summed E-state index contributed by atoms with van der Waals surface area (Å²) >= 11 is -1.48. The molecule has 0 fully saturated rings. The molecule has 100 valence electrons. The van der Waals surface area contributed by atoms with Crippen LogP contribution in [-0.2, 0) is 24.9 Å². The van der Waals surface area contributed by atoms with Crippen molar-refractivity contribution in [2.45, 2.75) is 0 Å². The quantitative estimate of drug-likeness (QED) is 0.415. The van der Waals surface area contributed by atoms with E-state index in [9.17, 15) is 0 Å². The average Bonchev–Trinajstić information content (AvgIpc) is 2.60. The Labute approximate surface area is 153 Å². The SMILES string of the molecule is [Cl][Hg].c1cc[c]([Sn]([c]2ccccc2)[c]2ccccc2)cc1. The molecule has 0 aromatic heterocycles. The van der Waals surface area contributed by atoms with E-state index in [1.165, 1.54) is 10.7 Å². The molecule has 1 radical (unpaired) electrons. The Morgan fingerprint density at radius 3 is 0.952 bits per heavy atom. The van der Waals surface area contributed by atoms with E-state index in [0.717, 1.165) is 0 Å². The molecule has 0 spiro atoms. The molecule has 0 aliphatic carbocycles. The van der Waals surface area contributed by atoms with Crippen molar-refractivity contribution in [3.63, 3.8) is 0 Å². The van der Waals surface area contributed by atoms with Crippen molar-refractivity contribution < 1.29 is 24.9 Å². The fourth-order valence-corrected chi connectivity index (χ4v) is 9.67. The molecule has 0 aliphatic rings. The van der Waals surface area contributed by atoms with Crippen molar-refractivity contribution in [1.82, 2.24) is 0 Å². The third-order valence-electron chi connectivity index (χ3n) is 3.19. The predicted octanol–water partition coefficient (Wildman–Crippen LogP) is 2.89. The summed E-state index contributed by atoms with van der Waals surface area (Å²) in [6.45, 7) is 0. The van der Waals surface area contributed by atoms with Crippen molar-refractivity contribution >= 4 is 38.7 Å². The van der Waals surface area contributed by atoms with E-state index < -0.39 is 19.8 Å². The van der Waals surface area contributed by atoms with Gasteiger partial charge in [-0.2, -0.15) is 0 Å². The molecule has 0 unspecified atom stereocenters. The fourth-order valence-electron chi connectivity index (χ4n) is 2.31. The zero-order valence-electron chi connectivity index (χ0n) is 11.7. The molecular formula is C18H15ClHgSn. The number of halogens is 1. The Balaban J connectivity index is 0.000000774. The average molecular weight is 586 g/mol. The molecule has 0 amide bonds. The third kappa shape index (κ3) is 4.83. The third-order valence-corrected chi connectivity index (χ3v) is 11.0. The first-order valence-electron chi connectivity index (χ1n) is 6.75. The molecule has 0 bridgehead atoms. The summed E-state index contributed by atoms with van der Waals surface area (Å²) in [5.41, 5.74) is 0. The van der Waals surface area contributed by atoms with Gasteiger partial charge in [0, 0.05) is 0 Å². The molecule has 0 atom stereocenters. The van der Waals surface area contributed by atoms with E-state index in [-0.39, 0.29) is 0 Å². The Morgan fingerprint density at radius 2 is 0.714 bits per heavy atom. The van der Waals surface area contributed by atoms with Gasteiger partial charge in [0.25, 0.3) is 0 Å². The molecule has 0 saturated carbocycles. The van der Waals surface area contributed by atoms with Crippen LogP contribution in [0.25, 0.3) is 0 Å². The van der Waals surface area contributed by atoms with E-state index in [0.29, 0.717) is 24.9 Å². The van der Waals surface area contributed by atoms with Gasteiger partial charge in [-0.1, -0.05) is 0 Å². The molecular weight excluding hydrogens is 571 g/mol. The van der Waals surface area contributed by atoms with Crippen LogP contribution in [0.5, 0.6) is 0 Å². The Morgan fingerprint density at radius 1 is 0.476 bits per heavy atom. The molecule has 0 N–H and O–H groups in total. The second-order valence-electron chi connectivity index (χ2n) is 4.47. The van der Waals surface area contributed by atoms with Gasteiger partial charge in [-0.25, -0.2) is 0 Å². The number of hydrogen-bond acceptors (Lipinski definition) is 0. The zero-order valence-corrected chi connectivity index (χ0v) is 20.9. The van der Waals surface area contributed by atoms with Crippen LogP contribution in [0, 0.1) is 0 Å². The first-order chi connectivity index (χ1) is 10.4. The van der Waals surface area contributed by atoms with Crippen LogP contribution < -0.4 is 10.7 Å². The van der Waals surface area contributed by atoms with Gasteiger partial charge in [0.1, 0.15) is 0 Å². The summed E-state index contributed by atoms with van der Waals surface area (Å²) in [4.78, 5) is 0. The summed E-state index contributed by atoms with van der Waals surface area (Å²) in [6, 6.07) is 32.9. The molecule has 3 aromatic carbocycles. The predicted molar refractivity (Wildman–Crippen MR) is 89.8 cm³/mol. The van der Waals surface area contributed by atoms with Crippen LogP contribution >= 0.6 is 8.25 Å². The maximum absolute atomic E-state index is 4.83. The Kier molecular flexibility index (Phi) is 7.83. The van der Waals surface area contributed by atoms with Crippen LogP contribution in [0.15, 0.2) is 91.0 Å². The summed E-state index contributed by atoms with van der Waals surface area (Å²) in [7, 11) is 4.83. The number of hydrogen-bond donors (Lipinski definition) is 0. The van der Waals surface area contributed by atoms with Gasteiger partial charge in [-0.15, -0.1) is 0 Å². The minimum absolute atomic E-state index is 0.500. The van der Waals surface area contributed by atoms with Gasteiger partial charge in [-0.3, -0.25) is 0 Å². The van der Waals surface area contributed by atoms with E-state index in [4.69, 9.17) is 8.25 Å². The molecule has 0 nitrogen and oxygen atoms in total. The van der Waals surface area contributed by atoms with Crippen molar-refractivity contribution in [3.05, 3.63) is 91.0 Å². The van der Waals surface area contributed by atoms with E-state index in [2.05, 4.69) is 91.0 Å². The summed E-state index contributed by atoms with van der Waals surface area (Å²) in [6.07, 6.45) is 0. The van der Waals surface area contributed by atoms with Crippen LogP contribution in [0.1, 0.15) is 0 Å². The van der Waals surface area contributed by atoms with E-state index in [1.807, 2.05) is 0 Å². The topological polar surface area (TPSA) is 0 Å². The minimum atomic E-state index is -1.98. The summed E-state index contributed by atoms with van der Waals surface area (Å²) < 4.78 is 4.59. The van der Waals surface area contributed by atoms with Gasteiger partial charge >= 0.3 is 155 Å². The van der Waals surface area contributed by atoms with Crippen LogP contribution in [-0.4, -0.2) is 19.8 Å². The standard InChI is InChI=1S/3C6H5.ClH.Hg.Sn/c3*1-2-4-6-5-3-1;;;/h3*1-5H;1H;;/q;;;;+1;/p-1. The molecule has 0 heterocycles. The maximum atomic E-state index is 4.83. The van der Waals surface area contributed by atoms with Crippen molar-refractivity contribution in [1.29, 1.82) is 0 Å². The molecule has 3 aromatic rings. The van der Waals surface area contributed by atoms with Gasteiger partial charge in [0.2, 0.25) is 0 Å². The fraction of sp³-hybridized carbons (Fsp3) is 0. The second-order valence-corrected chi connectivity index (χ2v) is 11.6. The van der Waals surface area contributed by atoms with Crippen molar-refractivity contribution in [2.24, 2.45) is 0 Å². The van der Waals surface area contributed by atoms with Crippen LogP contribution in [0.2, 0.25) is 0 Å².